The summed E-state index contributed by atoms with van der Waals surface area (Å²) in [5, 5.41) is 10.0. The van der Waals surface area contributed by atoms with Crippen LogP contribution in [0.2, 0.25) is 0 Å². The largest absolute Gasteiger partial charge is 0.309 e. The predicted molar refractivity (Wildman–Crippen MR) is 221 cm³/mol. The highest BCUT2D eigenvalue weighted by atomic mass is 15.0. The number of fused-ring (bicyclic) bond motifs is 8. The van der Waals surface area contributed by atoms with Crippen molar-refractivity contribution in [2.24, 2.45) is 0 Å². The fraction of sp³-hybridized carbons (Fsp3) is 0. The van der Waals surface area contributed by atoms with Gasteiger partial charge >= 0.3 is 0 Å². The second kappa shape index (κ2) is 11.3. The van der Waals surface area contributed by atoms with E-state index in [1.54, 1.807) is 0 Å². The third-order valence-electron chi connectivity index (χ3n) is 10.9. The molecule has 0 bridgehead atoms. The molecule has 11 aromatic rings. The van der Waals surface area contributed by atoms with Crippen molar-refractivity contribution in [3.8, 4) is 33.6 Å². The molecule has 0 fully saturated rings. The standard InChI is InChI=1S/C50H32N2/c1-2-12-34(13-3-1)41-18-10-15-38-30-40(25-26-42(38)41)52-48-20-9-7-17-44(48)46-32-37(23-28-50(46)52)36-22-27-49-45(31-36)43-16-6-8-19-47(43)51(49)39-24-21-33-11-4-5-14-35(33)29-39/h1-32H. The Morgan fingerprint density at radius 1 is 0.250 bits per heavy atom. The molecule has 2 aromatic heterocycles. The first-order chi connectivity index (χ1) is 25.8. The van der Waals surface area contributed by atoms with Gasteiger partial charge in [-0.15, -0.1) is 0 Å². The lowest BCUT2D eigenvalue weighted by molar-refractivity contribution is 1.18. The average molecular weight is 661 g/mol. The smallest absolute Gasteiger partial charge is 0.0541 e. The van der Waals surface area contributed by atoms with Gasteiger partial charge in [0.05, 0.1) is 22.1 Å². The Bertz CT molecular complexity index is 3180. The van der Waals surface area contributed by atoms with Crippen molar-refractivity contribution in [1.29, 1.82) is 0 Å². The van der Waals surface area contributed by atoms with Crippen LogP contribution in [0, 0.1) is 0 Å². The Morgan fingerprint density at radius 2 is 0.769 bits per heavy atom. The van der Waals surface area contributed by atoms with E-state index >= 15 is 0 Å². The molecule has 0 aliphatic rings. The lowest BCUT2D eigenvalue weighted by Gasteiger charge is -2.12. The van der Waals surface area contributed by atoms with E-state index in [-0.39, 0.29) is 0 Å². The number of para-hydroxylation sites is 2. The van der Waals surface area contributed by atoms with E-state index < -0.39 is 0 Å². The highest BCUT2D eigenvalue weighted by Gasteiger charge is 2.17. The molecule has 0 amide bonds. The number of hydrogen-bond donors (Lipinski definition) is 0. The molecule has 242 valence electrons. The first-order valence-corrected chi connectivity index (χ1v) is 17.9. The van der Waals surface area contributed by atoms with Crippen molar-refractivity contribution in [2.75, 3.05) is 0 Å². The summed E-state index contributed by atoms with van der Waals surface area (Å²) in [6, 6.07) is 71.0. The molecule has 0 aliphatic heterocycles. The lowest BCUT2D eigenvalue weighted by Crippen LogP contribution is -1.94. The first kappa shape index (κ1) is 28.9. The Hall–Kier alpha value is -6.90. The third-order valence-corrected chi connectivity index (χ3v) is 10.9. The fourth-order valence-corrected chi connectivity index (χ4v) is 8.46. The van der Waals surface area contributed by atoms with E-state index in [1.807, 2.05) is 0 Å². The summed E-state index contributed by atoms with van der Waals surface area (Å²) >= 11 is 0. The van der Waals surface area contributed by atoms with Crippen molar-refractivity contribution in [3.05, 3.63) is 194 Å². The van der Waals surface area contributed by atoms with Gasteiger partial charge in [-0.25, -0.2) is 0 Å². The summed E-state index contributed by atoms with van der Waals surface area (Å²) in [4.78, 5) is 0. The van der Waals surface area contributed by atoms with Gasteiger partial charge in [0.1, 0.15) is 0 Å². The minimum absolute atomic E-state index is 1.17. The molecule has 0 spiro atoms. The molecule has 0 saturated carbocycles. The molecule has 2 heteroatoms. The van der Waals surface area contributed by atoms with Crippen LogP contribution in [0.4, 0.5) is 0 Å². The van der Waals surface area contributed by atoms with Crippen LogP contribution < -0.4 is 0 Å². The van der Waals surface area contributed by atoms with Crippen LogP contribution in [0.1, 0.15) is 0 Å². The molecular weight excluding hydrogens is 629 g/mol. The van der Waals surface area contributed by atoms with Crippen LogP contribution in [0.15, 0.2) is 194 Å². The number of hydrogen-bond acceptors (Lipinski definition) is 0. The monoisotopic (exact) mass is 660 g/mol. The molecule has 2 heterocycles. The third kappa shape index (κ3) is 4.38. The van der Waals surface area contributed by atoms with Gasteiger partial charge in [-0.3, -0.25) is 0 Å². The molecule has 0 aliphatic carbocycles. The van der Waals surface area contributed by atoms with Crippen LogP contribution in [0.5, 0.6) is 0 Å². The SMILES string of the molecule is c1ccc(-c2cccc3cc(-n4c5ccccc5c5cc(-c6ccc7c(c6)c6ccccc6n7-c6ccc7ccccc7c6)ccc54)ccc23)cc1. The first-order valence-electron chi connectivity index (χ1n) is 17.9. The van der Waals surface area contributed by atoms with Gasteiger partial charge in [0.25, 0.3) is 0 Å². The Kier molecular flexibility index (Phi) is 6.28. The maximum Gasteiger partial charge on any atom is 0.0541 e. The molecule has 0 atom stereocenters. The number of rotatable bonds is 4. The van der Waals surface area contributed by atoms with Crippen molar-refractivity contribution in [2.45, 2.75) is 0 Å². The van der Waals surface area contributed by atoms with Gasteiger partial charge in [-0.1, -0.05) is 133 Å². The predicted octanol–water partition coefficient (Wildman–Crippen LogP) is 13.5. The number of aromatic nitrogens is 2. The molecule has 52 heavy (non-hydrogen) atoms. The zero-order valence-electron chi connectivity index (χ0n) is 28.4. The summed E-state index contributed by atoms with van der Waals surface area (Å²) in [7, 11) is 0. The molecule has 9 aromatic carbocycles. The van der Waals surface area contributed by atoms with E-state index in [0.717, 1.165) is 0 Å². The van der Waals surface area contributed by atoms with Crippen molar-refractivity contribution in [1.82, 2.24) is 9.13 Å². The molecule has 0 N–H and O–H groups in total. The van der Waals surface area contributed by atoms with Crippen LogP contribution in [0.3, 0.4) is 0 Å². The minimum Gasteiger partial charge on any atom is -0.309 e. The maximum atomic E-state index is 2.42. The normalized spacial score (nSPS) is 11.8. The van der Waals surface area contributed by atoms with E-state index in [2.05, 4.69) is 203 Å². The van der Waals surface area contributed by atoms with Crippen LogP contribution in [0.25, 0.3) is 98.8 Å². The zero-order valence-corrected chi connectivity index (χ0v) is 28.4. The van der Waals surface area contributed by atoms with Crippen LogP contribution >= 0.6 is 0 Å². The van der Waals surface area contributed by atoms with Gasteiger partial charge in [0, 0.05) is 32.9 Å². The van der Waals surface area contributed by atoms with E-state index in [4.69, 9.17) is 0 Å². The average Bonchev–Trinajstić information content (AvgIpc) is 3.73. The summed E-state index contributed by atoms with van der Waals surface area (Å²) in [6.07, 6.45) is 0. The van der Waals surface area contributed by atoms with Gasteiger partial charge in [0.15, 0.2) is 0 Å². The summed E-state index contributed by atoms with van der Waals surface area (Å²) in [6.45, 7) is 0. The van der Waals surface area contributed by atoms with Gasteiger partial charge in [-0.05, 0) is 104 Å². The Balaban J connectivity index is 1.06. The Morgan fingerprint density at radius 3 is 1.44 bits per heavy atom. The summed E-state index contributed by atoms with van der Waals surface area (Å²) in [5.41, 5.74) is 12.1. The van der Waals surface area contributed by atoms with Crippen LogP contribution in [-0.2, 0) is 0 Å². The molecular formula is C50H32N2. The second-order valence-corrected chi connectivity index (χ2v) is 13.8. The van der Waals surface area contributed by atoms with Crippen molar-refractivity contribution in [3.63, 3.8) is 0 Å². The number of nitrogens with zero attached hydrogens (tertiary/aromatic N) is 2. The minimum atomic E-state index is 1.17. The van der Waals surface area contributed by atoms with E-state index in [9.17, 15) is 0 Å². The second-order valence-electron chi connectivity index (χ2n) is 13.8. The topological polar surface area (TPSA) is 9.86 Å². The van der Waals surface area contributed by atoms with E-state index in [0.29, 0.717) is 0 Å². The lowest BCUT2D eigenvalue weighted by atomic mass is 9.98. The van der Waals surface area contributed by atoms with Crippen molar-refractivity contribution >= 4 is 65.2 Å². The molecule has 0 saturated heterocycles. The Labute approximate surface area is 301 Å². The molecule has 0 radical (unpaired) electrons. The van der Waals surface area contributed by atoms with Gasteiger partial charge in [0.2, 0.25) is 0 Å². The molecule has 2 nitrogen and oxygen atoms in total. The summed E-state index contributed by atoms with van der Waals surface area (Å²) in [5.74, 6) is 0. The fourth-order valence-electron chi connectivity index (χ4n) is 8.46. The van der Waals surface area contributed by atoms with E-state index in [1.165, 1.54) is 98.8 Å². The van der Waals surface area contributed by atoms with Gasteiger partial charge in [-0.2, -0.15) is 0 Å². The van der Waals surface area contributed by atoms with Crippen molar-refractivity contribution < 1.29 is 0 Å². The van der Waals surface area contributed by atoms with Crippen LogP contribution in [-0.4, -0.2) is 9.13 Å². The van der Waals surface area contributed by atoms with Gasteiger partial charge < -0.3 is 9.13 Å². The maximum absolute atomic E-state index is 2.42. The highest BCUT2D eigenvalue weighted by molar-refractivity contribution is 6.13. The highest BCUT2D eigenvalue weighted by Crippen LogP contribution is 2.39. The number of benzene rings is 9. The molecule has 11 rings (SSSR count). The zero-order chi connectivity index (χ0) is 34.2. The summed E-state index contributed by atoms with van der Waals surface area (Å²) < 4.78 is 4.83. The quantitative estimate of drug-likeness (QED) is 0.178. The molecule has 0 unspecified atom stereocenters.